The van der Waals surface area contributed by atoms with Crippen LogP contribution in [0.15, 0.2) is 24.4 Å². The Morgan fingerprint density at radius 2 is 2.08 bits per heavy atom. The molecule has 2 aliphatic rings. The molecule has 0 spiro atoms. The molecule has 3 heterocycles. The molecule has 2 fully saturated rings. The number of nitrogens with one attached hydrogen (secondary N) is 1. The molecule has 0 bridgehead atoms. The molecular weight excluding hydrogens is 326 g/mol. The molecule has 2 aliphatic heterocycles. The summed E-state index contributed by atoms with van der Waals surface area (Å²) >= 11 is 6.51. The minimum absolute atomic E-state index is 0.546. The number of halogens is 1. The Morgan fingerprint density at radius 3 is 2.83 bits per heavy atom. The van der Waals surface area contributed by atoms with Crippen LogP contribution in [0.25, 0.3) is 0 Å². The van der Waals surface area contributed by atoms with Crippen molar-refractivity contribution in [3.8, 4) is 0 Å². The lowest BCUT2D eigenvalue weighted by atomic mass is 10.00. The number of aromatic nitrogens is 3. The number of aromatic amines is 1. The van der Waals surface area contributed by atoms with Gasteiger partial charge in [-0.1, -0.05) is 17.7 Å². The highest BCUT2D eigenvalue weighted by molar-refractivity contribution is 6.31. The molecule has 1 unspecified atom stereocenters. The van der Waals surface area contributed by atoms with E-state index in [0.717, 1.165) is 36.8 Å². The minimum atomic E-state index is -0.929. The lowest BCUT2D eigenvalue weighted by molar-refractivity contribution is 0.0409. The molecular formula is C17H22ClN5O. The minimum Gasteiger partial charge on any atom is -0.382 e. The van der Waals surface area contributed by atoms with Crippen molar-refractivity contribution in [3.05, 3.63) is 40.7 Å². The second-order valence-electron chi connectivity index (χ2n) is 6.78. The van der Waals surface area contributed by atoms with E-state index in [0.29, 0.717) is 18.7 Å². The van der Waals surface area contributed by atoms with Crippen molar-refractivity contribution < 1.29 is 5.11 Å². The standard InChI is InChI=1S/C17H22ClN5O/c18-14-4-3-5-15(23-7-1-2-8-23)13(14)11-22-9-6-17(24,12-22)16-10-19-21-20-16/h3-5,10,24H,1-2,6-9,11-12H2,(H,19,20,21). The highest BCUT2D eigenvalue weighted by Crippen LogP contribution is 2.35. The van der Waals surface area contributed by atoms with Crippen LogP contribution in [0.4, 0.5) is 5.69 Å². The van der Waals surface area contributed by atoms with E-state index in [1.54, 1.807) is 6.20 Å². The highest BCUT2D eigenvalue weighted by Gasteiger charge is 2.40. The summed E-state index contributed by atoms with van der Waals surface area (Å²) in [5.74, 6) is 0. The number of benzene rings is 1. The lowest BCUT2D eigenvalue weighted by Gasteiger charge is -2.26. The van der Waals surface area contributed by atoms with Crippen LogP contribution in [-0.4, -0.2) is 51.6 Å². The Hall–Kier alpha value is -1.63. The van der Waals surface area contributed by atoms with Gasteiger partial charge in [-0.15, -0.1) is 0 Å². The summed E-state index contributed by atoms with van der Waals surface area (Å²) in [6.45, 7) is 4.29. The molecule has 0 saturated carbocycles. The lowest BCUT2D eigenvalue weighted by Crippen LogP contribution is -2.31. The fourth-order valence-corrected chi connectivity index (χ4v) is 4.05. The molecule has 1 aromatic heterocycles. The number of hydrogen-bond donors (Lipinski definition) is 2. The number of anilines is 1. The second kappa shape index (κ2) is 6.35. The van der Waals surface area contributed by atoms with Crippen molar-refractivity contribution >= 4 is 17.3 Å². The molecule has 1 atom stereocenters. The van der Waals surface area contributed by atoms with Crippen molar-refractivity contribution in [2.45, 2.75) is 31.4 Å². The van der Waals surface area contributed by atoms with E-state index in [2.05, 4.69) is 31.3 Å². The monoisotopic (exact) mass is 347 g/mol. The molecule has 0 aliphatic carbocycles. The van der Waals surface area contributed by atoms with Gasteiger partial charge in [-0.05, 0) is 31.4 Å². The first-order chi connectivity index (χ1) is 11.7. The van der Waals surface area contributed by atoms with Crippen molar-refractivity contribution in [2.75, 3.05) is 31.1 Å². The number of hydrogen-bond acceptors (Lipinski definition) is 5. The van der Waals surface area contributed by atoms with E-state index in [1.165, 1.54) is 18.5 Å². The predicted octanol–water partition coefficient (Wildman–Crippen LogP) is 2.15. The van der Waals surface area contributed by atoms with Crippen molar-refractivity contribution in [1.29, 1.82) is 0 Å². The zero-order chi connectivity index (χ0) is 16.6. The smallest absolute Gasteiger partial charge is 0.124 e. The van der Waals surface area contributed by atoms with Crippen molar-refractivity contribution in [3.63, 3.8) is 0 Å². The number of aliphatic hydroxyl groups is 1. The zero-order valence-corrected chi connectivity index (χ0v) is 14.3. The molecule has 0 amide bonds. The van der Waals surface area contributed by atoms with Gasteiger partial charge >= 0.3 is 0 Å². The molecule has 128 valence electrons. The third-order valence-electron chi connectivity index (χ3n) is 5.14. The van der Waals surface area contributed by atoms with Gasteiger partial charge in [-0.3, -0.25) is 4.90 Å². The average Bonchev–Trinajstić information content (AvgIpc) is 3.30. The van der Waals surface area contributed by atoms with Gasteiger partial charge in [0.1, 0.15) is 11.3 Å². The molecule has 2 N–H and O–H groups in total. The van der Waals surface area contributed by atoms with Gasteiger partial charge in [0.2, 0.25) is 0 Å². The first-order valence-corrected chi connectivity index (χ1v) is 8.87. The van der Waals surface area contributed by atoms with Crippen LogP contribution in [0.3, 0.4) is 0 Å². The van der Waals surface area contributed by atoms with E-state index in [1.807, 2.05) is 12.1 Å². The third-order valence-corrected chi connectivity index (χ3v) is 5.50. The van der Waals surface area contributed by atoms with E-state index >= 15 is 0 Å². The summed E-state index contributed by atoms with van der Waals surface area (Å²) in [5.41, 5.74) is 2.08. The maximum Gasteiger partial charge on any atom is 0.124 e. The normalized spacial score (nSPS) is 24.8. The number of H-pyrrole nitrogens is 1. The average molecular weight is 348 g/mol. The molecule has 2 saturated heterocycles. The van der Waals surface area contributed by atoms with Crippen LogP contribution in [0.5, 0.6) is 0 Å². The molecule has 1 aromatic carbocycles. The van der Waals surface area contributed by atoms with Gasteiger partial charge in [-0.25, -0.2) is 0 Å². The van der Waals surface area contributed by atoms with Crippen LogP contribution in [0, 0.1) is 0 Å². The van der Waals surface area contributed by atoms with Crippen LogP contribution < -0.4 is 4.90 Å². The summed E-state index contributed by atoms with van der Waals surface area (Å²) in [7, 11) is 0. The Labute approximate surface area is 146 Å². The van der Waals surface area contributed by atoms with Gasteiger partial charge in [0.25, 0.3) is 0 Å². The second-order valence-corrected chi connectivity index (χ2v) is 7.19. The van der Waals surface area contributed by atoms with Crippen LogP contribution in [-0.2, 0) is 12.1 Å². The third kappa shape index (κ3) is 2.90. The fourth-order valence-electron chi connectivity index (χ4n) is 3.82. The first kappa shape index (κ1) is 15.9. The topological polar surface area (TPSA) is 68.3 Å². The van der Waals surface area contributed by atoms with Crippen LogP contribution in [0.2, 0.25) is 5.02 Å². The molecule has 4 rings (SSSR count). The van der Waals surface area contributed by atoms with Crippen molar-refractivity contribution in [2.24, 2.45) is 0 Å². The van der Waals surface area contributed by atoms with E-state index in [9.17, 15) is 5.11 Å². The molecule has 24 heavy (non-hydrogen) atoms. The van der Waals surface area contributed by atoms with E-state index in [-0.39, 0.29) is 0 Å². The maximum absolute atomic E-state index is 10.8. The number of rotatable bonds is 4. The molecule has 2 aromatic rings. The first-order valence-electron chi connectivity index (χ1n) is 8.49. The maximum atomic E-state index is 10.8. The zero-order valence-electron chi connectivity index (χ0n) is 13.6. The van der Waals surface area contributed by atoms with Crippen LogP contribution >= 0.6 is 11.6 Å². The van der Waals surface area contributed by atoms with Gasteiger partial charge in [0.05, 0.1) is 6.20 Å². The molecule has 7 heteroatoms. The summed E-state index contributed by atoms with van der Waals surface area (Å²) in [5, 5.41) is 22.1. The highest BCUT2D eigenvalue weighted by atomic mass is 35.5. The summed E-state index contributed by atoms with van der Waals surface area (Å²) in [4.78, 5) is 4.66. The Bertz CT molecular complexity index is 701. The number of β-amino-alcohol motifs (C(OH)–C–C–N with tert-alkyl or cyclic N) is 1. The van der Waals surface area contributed by atoms with Gasteiger partial charge in [0, 0.05) is 49.0 Å². The Balaban J connectivity index is 1.54. The molecule has 0 radical (unpaired) electrons. The van der Waals surface area contributed by atoms with Gasteiger partial charge in [0.15, 0.2) is 0 Å². The van der Waals surface area contributed by atoms with Crippen molar-refractivity contribution in [1.82, 2.24) is 20.3 Å². The van der Waals surface area contributed by atoms with E-state index in [4.69, 9.17) is 11.6 Å². The summed E-state index contributed by atoms with van der Waals surface area (Å²) < 4.78 is 0. The van der Waals surface area contributed by atoms with Gasteiger partial charge in [-0.2, -0.15) is 15.4 Å². The molecule has 6 nitrogen and oxygen atoms in total. The summed E-state index contributed by atoms with van der Waals surface area (Å²) in [6.07, 6.45) is 4.74. The largest absolute Gasteiger partial charge is 0.382 e. The van der Waals surface area contributed by atoms with Crippen LogP contribution in [0.1, 0.15) is 30.5 Å². The Morgan fingerprint density at radius 1 is 1.25 bits per heavy atom. The van der Waals surface area contributed by atoms with Gasteiger partial charge < -0.3 is 10.0 Å². The number of likely N-dealkylation sites (tertiary alicyclic amines) is 1. The SMILES string of the molecule is OC1(c2cn[nH]n2)CCN(Cc2c(Cl)cccc2N2CCCC2)C1. The summed E-state index contributed by atoms with van der Waals surface area (Å²) in [6, 6.07) is 6.14. The quantitative estimate of drug-likeness (QED) is 0.887. The Kier molecular flexibility index (Phi) is 4.20. The van der Waals surface area contributed by atoms with E-state index < -0.39 is 5.60 Å². The predicted molar refractivity (Wildman–Crippen MR) is 93.1 cm³/mol. The number of nitrogens with zero attached hydrogens (tertiary/aromatic N) is 4. The fraction of sp³-hybridized carbons (Fsp3) is 0.529.